The molecule has 1 aliphatic carbocycles. The molecule has 0 aliphatic heterocycles. The number of hydrogen-bond donors (Lipinski definition) is 1. The number of aromatic nitrogens is 3. The van der Waals surface area contributed by atoms with Crippen molar-refractivity contribution in [2.75, 3.05) is 5.32 Å². The molecule has 1 saturated carbocycles. The van der Waals surface area contributed by atoms with Crippen molar-refractivity contribution in [3.05, 3.63) is 24.1 Å². The molecule has 0 amide bonds. The number of nitrogens with zero attached hydrogens (tertiary/aromatic N) is 3. The third-order valence-corrected chi connectivity index (χ3v) is 4.17. The summed E-state index contributed by atoms with van der Waals surface area (Å²) in [6.07, 6.45) is 8.90. The van der Waals surface area contributed by atoms with Gasteiger partial charge in [0, 0.05) is 6.04 Å². The van der Waals surface area contributed by atoms with E-state index in [2.05, 4.69) is 22.3 Å². The maximum Gasteiger partial charge on any atom is 0.243 e. The highest BCUT2D eigenvalue weighted by Crippen LogP contribution is 2.29. The standard InChI is InChI=1S/C15H21FN4/c1-2-3-11-4-7-13(8-5-11)17-15-18-14-9-6-12(16)10-20(14)19-15/h6,9-11,13H,2-5,7-8H2,1H3,(H,17,19). The van der Waals surface area contributed by atoms with Crippen molar-refractivity contribution in [3.8, 4) is 0 Å². The number of rotatable bonds is 4. The zero-order chi connectivity index (χ0) is 13.9. The van der Waals surface area contributed by atoms with E-state index in [4.69, 9.17) is 0 Å². The first-order valence-corrected chi connectivity index (χ1v) is 7.53. The summed E-state index contributed by atoms with van der Waals surface area (Å²) in [4.78, 5) is 4.38. The molecule has 5 heteroatoms. The van der Waals surface area contributed by atoms with Gasteiger partial charge in [0.2, 0.25) is 5.95 Å². The van der Waals surface area contributed by atoms with Crippen LogP contribution in [0.25, 0.3) is 5.65 Å². The van der Waals surface area contributed by atoms with Gasteiger partial charge in [-0.2, -0.15) is 4.98 Å². The van der Waals surface area contributed by atoms with E-state index < -0.39 is 0 Å². The second kappa shape index (κ2) is 5.77. The second-order valence-corrected chi connectivity index (χ2v) is 5.74. The SMILES string of the molecule is CCCC1CCC(Nc2nc3ccc(F)cn3n2)CC1. The second-order valence-electron chi connectivity index (χ2n) is 5.74. The lowest BCUT2D eigenvalue weighted by atomic mass is 9.83. The molecule has 2 aromatic heterocycles. The van der Waals surface area contributed by atoms with Gasteiger partial charge < -0.3 is 5.32 Å². The number of fused-ring (bicyclic) bond motifs is 1. The molecule has 1 aliphatic rings. The molecule has 0 unspecified atom stereocenters. The van der Waals surface area contributed by atoms with Crippen LogP contribution in [0, 0.1) is 11.7 Å². The largest absolute Gasteiger partial charge is 0.350 e. The molecule has 0 radical (unpaired) electrons. The van der Waals surface area contributed by atoms with E-state index in [1.807, 2.05) is 0 Å². The van der Waals surface area contributed by atoms with Crippen LogP contribution in [0.5, 0.6) is 0 Å². The topological polar surface area (TPSA) is 42.2 Å². The normalized spacial score (nSPS) is 23.1. The highest BCUT2D eigenvalue weighted by Gasteiger charge is 2.21. The molecule has 0 spiro atoms. The number of anilines is 1. The van der Waals surface area contributed by atoms with Crippen LogP contribution in [-0.2, 0) is 0 Å². The number of pyridine rings is 1. The summed E-state index contributed by atoms with van der Waals surface area (Å²) in [5.74, 6) is 1.20. The number of hydrogen-bond acceptors (Lipinski definition) is 3. The smallest absolute Gasteiger partial charge is 0.243 e. The Morgan fingerprint density at radius 2 is 2.10 bits per heavy atom. The molecule has 2 heterocycles. The fraction of sp³-hybridized carbons (Fsp3) is 0.600. The van der Waals surface area contributed by atoms with Crippen molar-refractivity contribution in [1.82, 2.24) is 14.6 Å². The first-order valence-electron chi connectivity index (χ1n) is 7.53. The minimum atomic E-state index is -0.297. The van der Waals surface area contributed by atoms with E-state index in [1.165, 1.54) is 55.3 Å². The Morgan fingerprint density at radius 3 is 2.85 bits per heavy atom. The van der Waals surface area contributed by atoms with Gasteiger partial charge in [-0.25, -0.2) is 8.91 Å². The van der Waals surface area contributed by atoms with Crippen molar-refractivity contribution in [1.29, 1.82) is 0 Å². The Bertz CT molecular complexity index is 572. The van der Waals surface area contributed by atoms with Crippen LogP contribution in [0.1, 0.15) is 45.4 Å². The van der Waals surface area contributed by atoms with Crippen molar-refractivity contribution in [2.24, 2.45) is 5.92 Å². The van der Waals surface area contributed by atoms with Crippen LogP contribution >= 0.6 is 0 Å². The van der Waals surface area contributed by atoms with E-state index in [9.17, 15) is 4.39 Å². The highest BCUT2D eigenvalue weighted by atomic mass is 19.1. The highest BCUT2D eigenvalue weighted by molar-refractivity contribution is 5.43. The minimum Gasteiger partial charge on any atom is -0.350 e. The van der Waals surface area contributed by atoms with Crippen LogP contribution < -0.4 is 5.32 Å². The minimum absolute atomic E-state index is 0.297. The molecule has 1 fully saturated rings. The Kier molecular flexibility index (Phi) is 3.85. The zero-order valence-electron chi connectivity index (χ0n) is 11.8. The van der Waals surface area contributed by atoms with Crippen molar-refractivity contribution >= 4 is 11.6 Å². The van der Waals surface area contributed by atoms with Crippen LogP contribution in [0.15, 0.2) is 18.3 Å². The molecule has 20 heavy (non-hydrogen) atoms. The molecular formula is C15H21FN4. The Hall–Kier alpha value is -1.65. The van der Waals surface area contributed by atoms with Gasteiger partial charge in [0.25, 0.3) is 0 Å². The van der Waals surface area contributed by atoms with Gasteiger partial charge in [-0.15, -0.1) is 5.10 Å². The predicted octanol–water partition coefficient (Wildman–Crippen LogP) is 3.64. The summed E-state index contributed by atoms with van der Waals surface area (Å²) < 4.78 is 14.6. The van der Waals surface area contributed by atoms with Gasteiger partial charge in [0.05, 0.1) is 6.20 Å². The molecule has 0 atom stereocenters. The summed E-state index contributed by atoms with van der Waals surface area (Å²) >= 11 is 0. The van der Waals surface area contributed by atoms with Gasteiger partial charge in [-0.05, 0) is 43.7 Å². The van der Waals surface area contributed by atoms with Gasteiger partial charge in [0.15, 0.2) is 5.65 Å². The molecule has 0 aromatic carbocycles. The summed E-state index contributed by atoms with van der Waals surface area (Å²) in [7, 11) is 0. The summed E-state index contributed by atoms with van der Waals surface area (Å²) in [6, 6.07) is 3.50. The fourth-order valence-corrected chi connectivity index (χ4v) is 3.11. The Labute approximate surface area is 118 Å². The zero-order valence-corrected chi connectivity index (χ0v) is 11.8. The summed E-state index contributed by atoms with van der Waals surface area (Å²) in [5.41, 5.74) is 0.675. The van der Waals surface area contributed by atoms with Crippen molar-refractivity contribution < 1.29 is 4.39 Å². The third kappa shape index (κ3) is 2.92. The first kappa shape index (κ1) is 13.3. The Balaban J connectivity index is 1.62. The number of nitrogens with one attached hydrogen (secondary N) is 1. The maximum atomic E-state index is 13.1. The van der Waals surface area contributed by atoms with Gasteiger partial charge in [-0.1, -0.05) is 19.8 Å². The summed E-state index contributed by atoms with van der Waals surface area (Å²) in [5, 5.41) is 7.66. The van der Waals surface area contributed by atoms with Crippen LogP contribution in [0.4, 0.5) is 10.3 Å². The molecule has 2 aromatic rings. The van der Waals surface area contributed by atoms with E-state index in [1.54, 1.807) is 6.07 Å². The average Bonchev–Trinajstić information content (AvgIpc) is 2.82. The number of halogens is 1. The van der Waals surface area contributed by atoms with E-state index >= 15 is 0 Å². The van der Waals surface area contributed by atoms with E-state index in [0.29, 0.717) is 17.6 Å². The fourth-order valence-electron chi connectivity index (χ4n) is 3.11. The van der Waals surface area contributed by atoms with Crippen LogP contribution in [0.3, 0.4) is 0 Å². The first-order chi connectivity index (χ1) is 9.74. The lowest BCUT2D eigenvalue weighted by Crippen LogP contribution is -2.26. The van der Waals surface area contributed by atoms with Crippen molar-refractivity contribution in [3.63, 3.8) is 0 Å². The summed E-state index contributed by atoms with van der Waals surface area (Å²) in [6.45, 7) is 2.25. The monoisotopic (exact) mass is 276 g/mol. The van der Waals surface area contributed by atoms with Crippen molar-refractivity contribution in [2.45, 2.75) is 51.5 Å². The third-order valence-electron chi connectivity index (χ3n) is 4.17. The molecule has 0 bridgehead atoms. The maximum absolute atomic E-state index is 13.1. The van der Waals surface area contributed by atoms with E-state index in [-0.39, 0.29) is 5.82 Å². The molecule has 3 rings (SSSR count). The molecule has 0 saturated heterocycles. The lowest BCUT2D eigenvalue weighted by molar-refractivity contribution is 0.318. The lowest BCUT2D eigenvalue weighted by Gasteiger charge is -2.28. The van der Waals surface area contributed by atoms with Gasteiger partial charge in [0.1, 0.15) is 5.82 Å². The van der Waals surface area contributed by atoms with Gasteiger partial charge in [-0.3, -0.25) is 0 Å². The van der Waals surface area contributed by atoms with E-state index in [0.717, 1.165) is 5.92 Å². The van der Waals surface area contributed by atoms with Gasteiger partial charge >= 0.3 is 0 Å². The predicted molar refractivity (Wildman–Crippen MR) is 77.2 cm³/mol. The molecule has 108 valence electrons. The molecule has 4 nitrogen and oxygen atoms in total. The Morgan fingerprint density at radius 1 is 1.30 bits per heavy atom. The van der Waals surface area contributed by atoms with Crippen LogP contribution in [-0.4, -0.2) is 20.6 Å². The molecular weight excluding hydrogens is 255 g/mol. The quantitative estimate of drug-likeness (QED) is 0.927. The molecule has 1 N–H and O–H groups in total. The van der Waals surface area contributed by atoms with Crippen LogP contribution in [0.2, 0.25) is 0 Å². The average molecular weight is 276 g/mol.